The van der Waals surface area contributed by atoms with E-state index in [0.29, 0.717) is 23.9 Å². The Balaban J connectivity index is 5.37. The summed E-state index contributed by atoms with van der Waals surface area (Å²) >= 11 is 0. The zero-order valence-corrected chi connectivity index (χ0v) is 52.7. The van der Waals surface area contributed by atoms with E-state index in [2.05, 4.69) is 123 Å². The first-order valence-corrected chi connectivity index (χ1v) is 33.7. The summed E-state index contributed by atoms with van der Waals surface area (Å²) in [5.41, 5.74) is 0. The van der Waals surface area contributed by atoms with Crippen LogP contribution in [0.1, 0.15) is 265 Å². The number of rotatable bonds is 57. The minimum absolute atomic E-state index is 0.0250. The van der Waals surface area contributed by atoms with Crippen molar-refractivity contribution in [2.24, 2.45) is 0 Å². The maximum Gasteiger partial charge on any atom is 0.472 e. The maximum absolute atomic E-state index is 13.6. The summed E-state index contributed by atoms with van der Waals surface area (Å²) in [6.07, 6.45) is 79.4. The van der Waals surface area contributed by atoms with Gasteiger partial charge in [-0.2, -0.15) is 0 Å². The molecule has 0 aliphatic rings. The Bertz CT molecular complexity index is 1720. The third-order valence-corrected chi connectivity index (χ3v) is 14.7. The third kappa shape index (κ3) is 59.1. The van der Waals surface area contributed by atoms with Crippen LogP contribution in [-0.4, -0.2) is 74.3 Å². The fourth-order valence-corrected chi connectivity index (χ4v) is 9.41. The highest BCUT2D eigenvalue weighted by Gasteiger charge is 2.30. The van der Waals surface area contributed by atoms with Crippen LogP contribution >= 0.6 is 7.82 Å². The quantitative estimate of drug-likeness (QED) is 0.0205. The maximum atomic E-state index is 13.6. The lowest BCUT2D eigenvalue weighted by molar-refractivity contribution is -0.870. The van der Waals surface area contributed by atoms with Crippen LogP contribution in [0.4, 0.5) is 0 Å². The second-order valence-electron chi connectivity index (χ2n) is 22.6. The number of hydrogen-bond acceptors (Lipinski definition) is 6. The number of ether oxygens (including phenoxy) is 1. The van der Waals surface area contributed by atoms with Gasteiger partial charge in [-0.1, -0.05) is 240 Å². The molecule has 0 aliphatic carbocycles. The highest BCUT2D eigenvalue weighted by Crippen LogP contribution is 2.43. The number of unbranched alkanes of at least 4 members (excludes halogenated alkanes) is 25. The molecule has 0 spiro atoms. The van der Waals surface area contributed by atoms with E-state index in [1.54, 1.807) is 0 Å². The van der Waals surface area contributed by atoms with Crippen LogP contribution in [-0.2, 0) is 27.9 Å². The summed E-state index contributed by atoms with van der Waals surface area (Å²) in [5, 5.41) is 3.04. The smallest absolute Gasteiger partial charge is 0.456 e. The number of nitrogens with zero attached hydrogens (tertiary/aromatic N) is 1. The van der Waals surface area contributed by atoms with Crippen LogP contribution in [0.5, 0.6) is 0 Å². The Hall–Kier alpha value is -3.33. The molecule has 0 fully saturated rings. The largest absolute Gasteiger partial charge is 0.472 e. The van der Waals surface area contributed by atoms with Gasteiger partial charge in [-0.05, 0) is 122 Å². The van der Waals surface area contributed by atoms with Crippen molar-refractivity contribution in [1.29, 1.82) is 0 Å². The van der Waals surface area contributed by atoms with Gasteiger partial charge >= 0.3 is 13.8 Å². The molecule has 3 unspecified atom stereocenters. The van der Waals surface area contributed by atoms with E-state index >= 15 is 0 Å². The van der Waals surface area contributed by atoms with E-state index in [-0.39, 0.29) is 37.9 Å². The molecule has 0 aromatic carbocycles. The van der Waals surface area contributed by atoms with Crippen molar-refractivity contribution in [3.8, 4) is 0 Å². The molecule has 0 bridgehead atoms. The molecule has 0 saturated carbocycles. The fourth-order valence-electron chi connectivity index (χ4n) is 8.67. The lowest BCUT2D eigenvalue weighted by atomic mass is 10.0. The summed E-state index contributed by atoms with van der Waals surface area (Å²) in [7, 11) is 1.45. The van der Waals surface area contributed by atoms with E-state index in [0.717, 1.165) is 109 Å². The van der Waals surface area contributed by atoms with Crippen molar-refractivity contribution >= 4 is 19.7 Å². The minimum atomic E-state index is -4.47. The zero-order valence-electron chi connectivity index (χ0n) is 51.8. The number of nitrogens with one attached hydrogen (secondary N) is 1. The summed E-state index contributed by atoms with van der Waals surface area (Å²) in [4.78, 5) is 37.8. The van der Waals surface area contributed by atoms with E-state index in [9.17, 15) is 19.0 Å². The van der Waals surface area contributed by atoms with Crippen molar-refractivity contribution in [2.45, 2.75) is 277 Å². The molecule has 0 rings (SSSR count). The van der Waals surface area contributed by atoms with Crippen LogP contribution in [0.3, 0.4) is 0 Å². The molecule has 0 aromatic heterocycles. The average Bonchev–Trinajstić information content (AvgIpc) is 3.41. The molecule has 0 saturated heterocycles. The number of esters is 1. The predicted molar refractivity (Wildman–Crippen MR) is 341 cm³/mol. The van der Waals surface area contributed by atoms with Crippen LogP contribution in [0.15, 0.2) is 109 Å². The Morgan fingerprint density at radius 1 is 0.443 bits per heavy atom. The summed E-state index contributed by atoms with van der Waals surface area (Å²) in [6.45, 7) is 6.91. The van der Waals surface area contributed by atoms with Gasteiger partial charge in [-0.25, -0.2) is 4.57 Å². The first-order chi connectivity index (χ1) is 38.4. The molecule has 79 heavy (non-hydrogen) atoms. The topological polar surface area (TPSA) is 111 Å². The number of quaternary nitrogens is 1. The minimum Gasteiger partial charge on any atom is -0.456 e. The van der Waals surface area contributed by atoms with Gasteiger partial charge in [-0.3, -0.25) is 18.6 Å². The highest BCUT2D eigenvalue weighted by atomic mass is 31.2. The van der Waals surface area contributed by atoms with Gasteiger partial charge in [0, 0.05) is 12.8 Å². The number of carbonyl (C=O) groups is 2. The van der Waals surface area contributed by atoms with Gasteiger partial charge in [0.1, 0.15) is 19.3 Å². The number of likely N-dealkylation sites (N-methyl/N-ethyl adjacent to an activating group) is 1. The Kier molecular flexibility index (Phi) is 55.4. The summed E-state index contributed by atoms with van der Waals surface area (Å²) in [5.74, 6) is -0.566. The Morgan fingerprint density at radius 2 is 0.772 bits per heavy atom. The molecule has 0 radical (unpaired) electrons. The molecule has 2 N–H and O–H groups in total. The number of phosphoric ester groups is 1. The SMILES string of the molecule is CCCCC/C=C\C/C=C\C/C=C\C/C=C\CCCCCCCC(=O)OC(/C=C/CCCCCCCCCCCCC)C(COP(=O)(O)OCC[N+](C)(C)C)NC(=O)CCCCC/C=C\C/C=C\C/C=C\C/C=C\CCCCC. The molecule has 3 atom stereocenters. The van der Waals surface area contributed by atoms with E-state index < -0.39 is 20.0 Å². The number of hydrogen-bond donors (Lipinski definition) is 2. The van der Waals surface area contributed by atoms with Crippen LogP contribution in [0.25, 0.3) is 0 Å². The first kappa shape index (κ1) is 75.7. The molecule has 0 aromatic rings. The van der Waals surface area contributed by atoms with Crippen molar-refractivity contribution in [1.82, 2.24) is 5.32 Å². The number of carbonyl (C=O) groups excluding carboxylic acids is 2. The second-order valence-corrected chi connectivity index (χ2v) is 24.0. The van der Waals surface area contributed by atoms with Crippen molar-refractivity contribution < 1.29 is 37.3 Å². The first-order valence-electron chi connectivity index (χ1n) is 32.2. The van der Waals surface area contributed by atoms with Crippen LogP contribution in [0.2, 0.25) is 0 Å². The molecular formula is C69H122N2O7P+. The third-order valence-electron chi connectivity index (χ3n) is 13.7. The zero-order chi connectivity index (χ0) is 57.9. The monoisotopic (exact) mass is 1120 g/mol. The molecular weight excluding hydrogens is 1000 g/mol. The van der Waals surface area contributed by atoms with Gasteiger partial charge < -0.3 is 19.4 Å². The lowest BCUT2D eigenvalue weighted by Crippen LogP contribution is -2.47. The highest BCUT2D eigenvalue weighted by molar-refractivity contribution is 7.47. The predicted octanol–water partition coefficient (Wildman–Crippen LogP) is 20.1. The van der Waals surface area contributed by atoms with Gasteiger partial charge in [0.05, 0.1) is 33.8 Å². The van der Waals surface area contributed by atoms with Crippen LogP contribution in [0, 0.1) is 0 Å². The van der Waals surface area contributed by atoms with Crippen molar-refractivity contribution in [3.63, 3.8) is 0 Å². The molecule has 1 amide bonds. The van der Waals surface area contributed by atoms with Crippen molar-refractivity contribution in [3.05, 3.63) is 109 Å². The van der Waals surface area contributed by atoms with E-state index in [1.165, 1.54) is 109 Å². The van der Waals surface area contributed by atoms with Crippen molar-refractivity contribution in [2.75, 3.05) is 40.9 Å². The van der Waals surface area contributed by atoms with Gasteiger partial charge in [0.2, 0.25) is 5.91 Å². The molecule has 0 heterocycles. The van der Waals surface area contributed by atoms with E-state index in [4.69, 9.17) is 13.8 Å². The summed E-state index contributed by atoms with van der Waals surface area (Å²) in [6, 6.07) is -0.881. The molecule has 0 aliphatic heterocycles. The second kappa shape index (κ2) is 57.9. The normalized spacial score (nSPS) is 14.4. The number of allylic oxidation sites excluding steroid dienone is 17. The number of phosphoric acid groups is 1. The molecule has 10 heteroatoms. The number of amides is 1. The standard InChI is InChI=1S/C69H121N2O7P/c1-7-10-13-16-19-22-25-28-30-32-34-35-37-39-41-44-47-50-53-56-59-62-69(73)78-67(60-57-54-51-48-45-42-27-24-21-18-15-12-9-3)66(65-77-79(74,75)76-64-63-71(4,5)6)70-68(72)61-58-55-52-49-46-43-40-38-36-33-31-29-26-23-20-17-14-11-8-2/h19-20,22-23,28-31,34-36,38-39,41,43,46,57,60,66-67H,7-18,21,24-27,32-33,37,40,42,44-45,47-56,58-59,61-65H2,1-6H3,(H-,70,72,74,75)/p+1/b22-19-,23-20-,30-28-,31-29-,35-34-,38-36-,41-39-,46-43-,60-57+. The van der Waals surface area contributed by atoms with Gasteiger partial charge in [0.15, 0.2) is 0 Å². The fraction of sp³-hybridized carbons (Fsp3) is 0.710. The van der Waals surface area contributed by atoms with E-state index in [1.807, 2.05) is 33.3 Å². The summed E-state index contributed by atoms with van der Waals surface area (Å²) < 4.78 is 30.7. The molecule has 9 nitrogen and oxygen atoms in total. The Morgan fingerprint density at radius 3 is 1.19 bits per heavy atom. The molecule has 454 valence electrons. The van der Waals surface area contributed by atoms with Gasteiger partial charge in [-0.15, -0.1) is 0 Å². The lowest BCUT2D eigenvalue weighted by Gasteiger charge is -2.27. The average molecular weight is 1120 g/mol. The van der Waals surface area contributed by atoms with Gasteiger partial charge in [0.25, 0.3) is 0 Å². The van der Waals surface area contributed by atoms with Crippen LogP contribution < -0.4 is 5.32 Å². The Labute approximate surface area is 487 Å².